The highest BCUT2D eigenvalue weighted by atomic mass is 32.2. The number of fused-ring (bicyclic) bond motifs is 1. The van der Waals surface area contributed by atoms with Crippen molar-refractivity contribution >= 4 is 17.9 Å². The van der Waals surface area contributed by atoms with Crippen LogP contribution in [0.4, 0.5) is 13.2 Å². The van der Waals surface area contributed by atoms with Crippen LogP contribution in [0.3, 0.4) is 0 Å². The number of alkyl halides is 3. The van der Waals surface area contributed by atoms with Gasteiger partial charge in [-0.05, 0) is 57.3 Å². The standard InChI is InChI=1S/C16H22F3NO2S/c1-9(8-20-23-16(17,18)19)22-14(21)15(2)6-10-3-11-5-12(7-15)13(11)4-10/h7,9-11,13,20H,3-6,8H2,1-2H3. The fourth-order valence-corrected chi connectivity index (χ4v) is 4.84. The highest BCUT2D eigenvalue weighted by Gasteiger charge is 2.51. The maximum atomic E-state index is 12.6. The molecular weight excluding hydrogens is 327 g/mol. The van der Waals surface area contributed by atoms with Crippen LogP contribution in [0.5, 0.6) is 0 Å². The van der Waals surface area contributed by atoms with Crippen LogP contribution < -0.4 is 4.72 Å². The summed E-state index contributed by atoms with van der Waals surface area (Å²) in [5, 5.41) is 0. The van der Waals surface area contributed by atoms with Gasteiger partial charge in [-0.25, -0.2) is 0 Å². The maximum Gasteiger partial charge on any atom is 0.456 e. The third-order valence-electron chi connectivity index (χ3n) is 5.32. The number of carbonyl (C=O) groups excluding carboxylic acids is 1. The van der Waals surface area contributed by atoms with Crippen molar-refractivity contribution in [3.63, 3.8) is 0 Å². The van der Waals surface area contributed by atoms with Crippen molar-refractivity contribution in [3.8, 4) is 0 Å². The first-order chi connectivity index (χ1) is 10.7. The predicted octanol–water partition coefficient (Wildman–Crippen LogP) is 4.06. The molecular formula is C16H22F3NO2S. The number of esters is 1. The Morgan fingerprint density at radius 1 is 1.52 bits per heavy atom. The van der Waals surface area contributed by atoms with Gasteiger partial charge in [0.2, 0.25) is 0 Å². The lowest BCUT2D eigenvalue weighted by Gasteiger charge is -2.38. The predicted molar refractivity (Wildman–Crippen MR) is 82.3 cm³/mol. The van der Waals surface area contributed by atoms with Gasteiger partial charge in [-0.2, -0.15) is 13.2 Å². The Morgan fingerprint density at radius 3 is 2.96 bits per heavy atom. The Morgan fingerprint density at radius 2 is 2.26 bits per heavy atom. The summed E-state index contributed by atoms with van der Waals surface area (Å²) in [6.45, 7) is 3.48. The fourth-order valence-electron chi connectivity index (χ4n) is 4.36. The summed E-state index contributed by atoms with van der Waals surface area (Å²) < 4.78 is 43.9. The average Bonchev–Trinajstić information content (AvgIpc) is 2.63. The molecule has 0 aromatic rings. The Bertz CT molecular complexity index is 522. The van der Waals surface area contributed by atoms with Crippen LogP contribution >= 0.6 is 11.9 Å². The molecule has 2 fully saturated rings. The third-order valence-corrected chi connectivity index (χ3v) is 5.86. The number of halogens is 3. The molecule has 0 aliphatic heterocycles. The minimum absolute atomic E-state index is 0.0311. The highest BCUT2D eigenvalue weighted by molar-refractivity contribution is 7.98. The lowest BCUT2D eigenvalue weighted by atomic mass is 9.67. The number of ether oxygens (including phenoxy) is 1. The minimum atomic E-state index is -4.33. The van der Waals surface area contributed by atoms with E-state index in [1.54, 1.807) is 6.92 Å². The molecule has 3 rings (SSSR count). The van der Waals surface area contributed by atoms with Gasteiger partial charge >= 0.3 is 11.5 Å². The molecule has 0 amide bonds. The Labute approximate surface area is 138 Å². The van der Waals surface area contributed by atoms with Crippen LogP contribution in [-0.4, -0.2) is 24.1 Å². The van der Waals surface area contributed by atoms with E-state index in [2.05, 4.69) is 10.8 Å². The zero-order valence-electron chi connectivity index (χ0n) is 13.3. The molecule has 0 heterocycles. The van der Waals surface area contributed by atoms with Gasteiger partial charge in [-0.1, -0.05) is 11.6 Å². The molecule has 23 heavy (non-hydrogen) atoms. The first kappa shape index (κ1) is 17.1. The van der Waals surface area contributed by atoms with Gasteiger partial charge in [0.1, 0.15) is 6.10 Å². The van der Waals surface area contributed by atoms with E-state index in [1.165, 1.54) is 18.4 Å². The molecule has 130 valence electrons. The minimum Gasteiger partial charge on any atom is -0.461 e. The van der Waals surface area contributed by atoms with Gasteiger partial charge in [0.05, 0.1) is 5.41 Å². The van der Waals surface area contributed by atoms with Crippen molar-refractivity contribution in [2.24, 2.45) is 23.2 Å². The van der Waals surface area contributed by atoms with E-state index in [-0.39, 0.29) is 24.5 Å². The first-order valence-corrected chi connectivity index (χ1v) is 8.88. The largest absolute Gasteiger partial charge is 0.461 e. The lowest BCUT2D eigenvalue weighted by molar-refractivity contribution is -0.157. The van der Waals surface area contributed by atoms with Crippen molar-refractivity contribution in [1.29, 1.82) is 0 Å². The second-order valence-corrected chi connectivity index (χ2v) is 8.32. The van der Waals surface area contributed by atoms with E-state index >= 15 is 0 Å². The number of allylic oxidation sites excluding steroid dienone is 1. The SMILES string of the molecule is CC(CNSC(F)(F)F)OC(=O)C1(C)C=C2CC3CC(CC23)C1. The van der Waals surface area contributed by atoms with Crippen LogP contribution in [0.15, 0.2) is 11.6 Å². The van der Waals surface area contributed by atoms with Crippen LogP contribution in [0.1, 0.15) is 39.5 Å². The van der Waals surface area contributed by atoms with Crippen LogP contribution in [-0.2, 0) is 9.53 Å². The van der Waals surface area contributed by atoms with E-state index in [4.69, 9.17) is 4.74 Å². The van der Waals surface area contributed by atoms with E-state index in [9.17, 15) is 18.0 Å². The van der Waals surface area contributed by atoms with Gasteiger partial charge in [-0.3, -0.25) is 9.52 Å². The zero-order chi connectivity index (χ0) is 16.8. The van der Waals surface area contributed by atoms with Crippen molar-refractivity contribution in [1.82, 2.24) is 4.72 Å². The van der Waals surface area contributed by atoms with E-state index in [0.29, 0.717) is 11.8 Å². The number of carbonyl (C=O) groups is 1. The van der Waals surface area contributed by atoms with Gasteiger partial charge in [0.25, 0.3) is 0 Å². The summed E-state index contributed by atoms with van der Waals surface area (Å²) in [4.78, 5) is 12.6. The summed E-state index contributed by atoms with van der Waals surface area (Å²) >= 11 is -0.310. The molecule has 0 spiro atoms. The summed E-state index contributed by atoms with van der Waals surface area (Å²) in [5.74, 6) is 1.73. The van der Waals surface area contributed by atoms with Crippen molar-refractivity contribution in [2.75, 3.05) is 6.54 Å². The molecule has 1 N–H and O–H groups in total. The molecule has 2 saturated carbocycles. The molecule has 0 aromatic heterocycles. The van der Waals surface area contributed by atoms with Crippen molar-refractivity contribution in [3.05, 3.63) is 11.6 Å². The monoisotopic (exact) mass is 349 g/mol. The lowest BCUT2D eigenvalue weighted by Crippen LogP contribution is -2.37. The highest BCUT2D eigenvalue weighted by Crippen LogP contribution is 2.59. The Hall–Kier alpha value is -0.690. The van der Waals surface area contributed by atoms with E-state index in [1.807, 2.05) is 6.92 Å². The summed E-state index contributed by atoms with van der Waals surface area (Å²) in [6, 6.07) is 0. The van der Waals surface area contributed by atoms with Gasteiger partial charge in [-0.15, -0.1) is 0 Å². The molecule has 3 nitrogen and oxygen atoms in total. The third kappa shape index (κ3) is 3.71. The number of nitrogens with one attached hydrogen (secondary N) is 1. The van der Waals surface area contributed by atoms with E-state index < -0.39 is 17.0 Å². The number of hydrogen-bond acceptors (Lipinski definition) is 4. The second-order valence-electron chi connectivity index (χ2n) is 7.36. The summed E-state index contributed by atoms with van der Waals surface area (Å²) in [7, 11) is 0. The smallest absolute Gasteiger partial charge is 0.456 e. The van der Waals surface area contributed by atoms with Crippen LogP contribution in [0.25, 0.3) is 0 Å². The topological polar surface area (TPSA) is 38.3 Å². The van der Waals surface area contributed by atoms with Gasteiger partial charge < -0.3 is 4.74 Å². The average molecular weight is 349 g/mol. The van der Waals surface area contributed by atoms with Crippen LogP contribution in [0.2, 0.25) is 0 Å². The summed E-state index contributed by atoms with van der Waals surface area (Å²) in [6.07, 6.45) is 5.76. The molecule has 0 radical (unpaired) electrons. The van der Waals surface area contributed by atoms with Crippen LogP contribution in [0, 0.1) is 23.2 Å². The Kier molecular flexibility index (Phi) is 4.46. The van der Waals surface area contributed by atoms with E-state index in [0.717, 1.165) is 18.8 Å². The number of rotatable bonds is 5. The van der Waals surface area contributed by atoms with Crippen molar-refractivity contribution < 1.29 is 22.7 Å². The molecule has 3 aliphatic carbocycles. The maximum absolute atomic E-state index is 12.6. The molecule has 5 atom stereocenters. The second kappa shape index (κ2) is 5.99. The fraction of sp³-hybridized carbons (Fsp3) is 0.812. The molecule has 7 heteroatoms. The molecule has 0 aromatic carbocycles. The first-order valence-electron chi connectivity index (χ1n) is 8.06. The molecule has 2 bridgehead atoms. The normalized spacial score (nSPS) is 36.7. The molecule has 0 saturated heterocycles. The Balaban J connectivity index is 1.55. The summed E-state index contributed by atoms with van der Waals surface area (Å²) in [5.41, 5.74) is -3.58. The zero-order valence-corrected chi connectivity index (χ0v) is 14.1. The molecule has 3 aliphatic rings. The number of hydrogen-bond donors (Lipinski definition) is 1. The quantitative estimate of drug-likeness (QED) is 0.461. The van der Waals surface area contributed by atoms with Gasteiger partial charge in [0, 0.05) is 18.5 Å². The molecule has 5 unspecified atom stereocenters. The van der Waals surface area contributed by atoms with Gasteiger partial charge in [0.15, 0.2) is 0 Å². The van der Waals surface area contributed by atoms with Crippen molar-refractivity contribution in [2.45, 2.75) is 51.1 Å².